The van der Waals surface area contributed by atoms with Crippen molar-refractivity contribution < 1.29 is 14.5 Å². The Morgan fingerprint density at radius 1 is 1.23 bits per heavy atom. The van der Waals surface area contributed by atoms with Gasteiger partial charge in [-0.15, -0.1) is 0 Å². The second-order valence-electron chi connectivity index (χ2n) is 7.39. The van der Waals surface area contributed by atoms with Crippen LogP contribution in [0, 0.1) is 24.0 Å². The average molecular weight is 354 g/mol. The Balaban J connectivity index is 1.89. The molecule has 2 aromatic carbocycles. The molecule has 1 aliphatic heterocycles. The van der Waals surface area contributed by atoms with Crippen molar-refractivity contribution in [3.05, 3.63) is 68.8 Å². The monoisotopic (exact) mass is 354 g/mol. The number of benzene rings is 2. The van der Waals surface area contributed by atoms with Crippen LogP contribution in [0.4, 0.5) is 5.69 Å². The van der Waals surface area contributed by atoms with E-state index in [1.807, 2.05) is 39.0 Å². The lowest BCUT2D eigenvalue weighted by Crippen LogP contribution is -2.41. The molecule has 0 saturated carbocycles. The molecule has 0 saturated heterocycles. The SMILES string of the molecule is Cc1ccc2c(c1)[C@@H](NC(=O)c1ccc([N+](=O)[O-])c(C)c1)CC(C)(C)O2. The van der Waals surface area contributed by atoms with Crippen molar-refractivity contribution in [3.8, 4) is 5.75 Å². The summed E-state index contributed by atoms with van der Waals surface area (Å²) >= 11 is 0. The fourth-order valence-electron chi connectivity index (χ4n) is 3.35. The minimum absolute atomic E-state index is 0.00900. The predicted molar refractivity (Wildman–Crippen MR) is 98.5 cm³/mol. The molecule has 1 atom stereocenters. The van der Waals surface area contributed by atoms with Crippen molar-refractivity contribution in [2.45, 2.75) is 45.8 Å². The third kappa shape index (κ3) is 3.54. The molecule has 0 radical (unpaired) electrons. The maximum atomic E-state index is 12.7. The molecule has 0 fully saturated rings. The van der Waals surface area contributed by atoms with Crippen molar-refractivity contribution in [3.63, 3.8) is 0 Å². The number of nitro benzene ring substituents is 1. The maximum absolute atomic E-state index is 12.7. The third-order valence-electron chi connectivity index (χ3n) is 4.58. The number of carbonyl (C=O) groups is 1. The number of carbonyl (C=O) groups excluding carboxylic acids is 1. The summed E-state index contributed by atoms with van der Waals surface area (Å²) in [6, 6.07) is 10.2. The number of hydrogen-bond acceptors (Lipinski definition) is 4. The molecule has 0 aliphatic carbocycles. The number of aryl methyl sites for hydroxylation is 2. The summed E-state index contributed by atoms with van der Waals surface area (Å²) in [5.74, 6) is 0.523. The van der Waals surface area contributed by atoms with Gasteiger partial charge < -0.3 is 10.1 Å². The smallest absolute Gasteiger partial charge is 0.272 e. The first-order valence-electron chi connectivity index (χ1n) is 8.52. The molecule has 3 rings (SSSR count). The van der Waals surface area contributed by atoms with Gasteiger partial charge in [0.1, 0.15) is 11.4 Å². The topological polar surface area (TPSA) is 81.5 Å². The van der Waals surface area contributed by atoms with Crippen LogP contribution >= 0.6 is 0 Å². The van der Waals surface area contributed by atoms with Gasteiger partial charge in [0, 0.05) is 29.2 Å². The number of amides is 1. The summed E-state index contributed by atoms with van der Waals surface area (Å²) < 4.78 is 6.03. The van der Waals surface area contributed by atoms with E-state index in [1.165, 1.54) is 12.1 Å². The van der Waals surface area contributed by atoms with E-state index in [2.05, 4.69) is 5.32 Å². The van der Waals surface area contributed by atoms with Gasteiger partial charge in [0.15, 0.2) is 0 Å². The second-order valence-corrected chi connectivity index (χ2v) is 7.39. The van der Waals surface area contributed by atoms with Gasteiger partial charge in [-0.25, -0.2) is 0 Å². The van der Waals surface area contributed by atoms with Crippen LogP contribution in [0.1, 0.15) is 53.4 Å². The van der Waals surface area contributed by atoms with Crippen LogP contribution < -0.4 is 10.1 Å². The van der Waals surface area contributed by atoms with Gasteiger partial charge in [-0.1, -0.05) is 17.7 Å². The summed E-state index contributed by atoms with van der Waals surface area (Å²) in [7, 11) is 0. The van der Waals surface area contributed by atoms with Crippen molar-refractivity contribution >= 4 is 11.6 Å². The summed E-state index contributed by atoms with van der Waals surface area (Å²) in [5, 5.41) is 14.0. The molecule has 0 unspecified atom stereocenters. The largest absolute Gasteiger partial charge is 0.487 e. The number of nitro groups is 1. The van der Waals surface area contributed by atoms with Crippen LogP contribution in [0.3, 0.4) is 0 Å². The van der Waals surface area contributed by atoms with Gasteiger partial charge >= 0.3 is 0 Å². The van der Waals surface area contributed by atoms with Crippen molar-refractivity contribution in [2.24, 2.45) is 0 Å². The van der Waals surface area contributed by atoms with Crippen LogP contribution in [-0.2, 0) is 0 Å². The molecule has 136 valence electrons. The lowest BCUT2D eigenvalue weighted by atomic mass is 9.88. The number of hydrogen-bond donors (Lipinski definition) is 1. The first kappa shape index (κ1) is 17.9. The highest BCUT2D eigenvalue weighted by molar-refractivity contribution is 5.95. The molecule has 1 amide bonds. The highest BCUT2D eigenvalue weighted by Gasteiger charge is 2.34. The maximum Gasteiger partial charge on any atom is 0.272 e. The standard InChI is InChI=1S/C20H22N2O4/c1-12-5-8-18-15(9-12)16(11-20(3,4)26-18)21-19(23)14-6-7-17(22(24)25)13(2)10-14/h5-10,16H,11H2,1-4H3,(H,21,23)/t16-/m0/s1. The molecule has 6 heteroatoms. The van der Waals surface area contributed by atoms with Crippen molar-refractivity contribution in [1.29, 1.82) is 0 Å². The lowest BCUT2D eigenvalue weighted by molar-refractivity contribution is -0.385. The highest BCUT2D eigenvalue weighted by atomic mass is 16.6. The molecule has 0 aromatic heterocycles. The Labute approximate surface area is 152 Å². The van der Waals surface area contributed by atoms with Crippen LogP contribution in [0.2, 0.25) is 0 Å². The first-order chi connectivity index (χ1) is 12.2. The molecule has 2 aromatic rings. The first-order valence-corrected chi connectivity index (χ1v) is 8.52. The lowest BCUT2D eigenvalue weighted by Gasteiger charge is -2.38. The van der Waals surface area contributed by atoms with Gasteiger partial charge in [0.05, 0.1) is 11.0 Å². The Bertz CT molecular complexity index is 889. The molecule has 6 nitrogen and oxygen atoms in total. The zero-order chi connectivity index (χ0) is 19.1. The van der Waals surface area contributed by atoms with Gasteiger partial charge in [-0.3, -0.25) is 14.9 Å². The molecule has 1 N–H and O–H groups in total. The van der Waals surface area contributed by atoms with Gasteiger partial charge in [0.25, 0.3) is 11.6 Å². The Kier molecular flexibility index (Phi) is 4.44. The molecule has 26 heavy (non-hydrogen) atoms. The highest BCUT2D eigenvalue weighted by Crippen LogP contribution is 2.40. The van der Waals surface area contributed by atoms with Crippen LogP contribution in [-0.4, -0.2) is 16.4 Å². The quantitative estimate of drug-likeness (QED) is 0.660. The number of nitrogens with one attached hydrogen (secondary N) is 1. The van der Waals surface area contributed by atoms with E-state index in [9.17, 15) is 14.9 Å². The summed E-state index contributed by atoms with van der Waals surface area (Å²) in [4.78, 5) is 23.2. The zero-order valence-electron chi connectivity index (χ0n) is 15.3. The number of nitrogens with zero attached hydrogens (tertiary/aromatic N) is 1. The van der Waals surface area contributed by atoms with E-state index in [4.69, 9.17) is 4.74 Å². The minimum Gasteiger partial charge on any atom is -0.487 e. The average Bonchev–Trinajstić information content (AvgIpc) is 2.54. The molecular formula is C20H22N2O4. The normalized spacial score (nSPS) is 17.8. The molecule has 0 spiro atoms. The van der Waals surface area contributed by atoms with E-state index in [1.54, 1.807) is 13.0 Å². The van der Waals surface area contributed by atoms with Gasteiger partial charge in [0.2, 0.25) is 0 Å². The van der Waals surface area contributed by atoms with E-state index >= 15 is 0 Å². The summed E-state index contributed by atoms with van der Waals surface area (Å²) in [6.07, 6.45) is 0.640. The van der Waals surface area contributed by atoms with Crippen LogP contribution in [0.15, 0.2) is 36.4 Å². The second kappa shape index (κ2) is 6.44. The number of fused-ring (bicyclic) bond motifs is 1. The van der Waals surface area contributed by atoms with E-state index in [0.717, 1.165) is 16.9 Å². The van der Waals surface area contributed by atoms with Crippen LogP contribution in [0.5, 0.6) is 5.75 Å². The van der Waals surface area contributed by atoms with Crippen molar-refractivity contribution in [1.82, 2.24) is 5.32 Å². The zero-order valence-corrected chi connectivity index (χ0v) is 15.3. The summed E-state index contributed by atoms with van der Waals surface area (Å²) in [6.45, 7) is 7.61. The fraction of sp³-hybridized carbons (Fsp3) is 0.350. The Morgan fingerprint density at radius 3 is 2.62 bits per heavy atom. The van der Waals surface area contributed by atoms with Gasteiger partial charge in [-0.2, -0.15) is 0 Å². The molecule has 0 bridgehead atoms. The van der Waals surface area contributed by atoms with E-state index in [-0.39, 0.29) is 17.6 Å². The van der Waals surface area contributed by atoms with Gasteiger partial charge in [-0.05, 0) is 45.9 Å². The summed E-state index contributed by atoms with van der Waals surface area (Å²) in [5.41, 5.74) is 2.53. The van der Waals surface area contributed by atoms with Crippen molar-refractivity contribution in [2.75, 3.05) is 0 Å². The number of ether oxygens (including phenoxy) is 1. The Morgan fingerprint density at radius 2 is 1.96 bits per heavy atom. The molecule has 1 heterocycles. The Hall–Kier alpha value is -2.89. The van der Waals surface area contributed by atoms with Crippen LogP contribution in [0.25, 0.3) is 0 Å². The predicted octanol–water partition coefficient (Wildman–Crippen LogP) is 4.24. The minimum atomic E-state index is -0.447. The molecular weight excluding hydrogens is 332 g/mol. The molecule has 1 aliphatic rings. The van der Waals surface area contributed by atoms with E-state index < -0.39 is 10.5 Å². The fourth-order valence-corrected chi connectivity index (χ4v) is 3.35. The van der Waals surface area contributed by atoms with E-state index in [0.29, 0.717) is 17.5 Å². The third-order valence-corrected chi connectivity index (χ3v) is 4.58. The number of rotatable bonds is 3.